The maximum atomic E-state index is 5.94. The van der Waals surface area contributed by atoms with E-state index in [9.17, 15) is 0 Å². The predicted octanol–water partition coefficient (Wildman–Crippen LogP) is 2.09. The van der Waals surface area contributed by atoms with Crippen LogP contribution >= 0.6 is 0 Å². The van der Waals surface area contributed by atoms with E-state index >= 15 is 0 Å². The highest BCUT2D eigenvalue weighted by Crippen LogP contribution is 2.19. The number of ether oxygens (including phenoxy) is 1. The van der Waals surface area contributed by atoms with Gasteiger partial charge in [-0.25, -0.2) is 0 Å². The Kier molecular flexibility index (Phi) is 5.83. The van der Waals surface area contributed by atoms with E-state index in [-0.39, 0.29) is 0 Å². The zero-order chi connectivity index (χ0) is 13.5. The summed E-state index contributed by atoms with van der Waals surface area (Å²) in [6.07, 6.45) is 2.39. The number of benzene rings is 1. The smallest absolute Gasteiger partial charge is 0.0469 e. The summed E-state index contributed by atoms with van der Waals surface area (Å²) in [6, 6.07) is 10.6. The van der Waals surface area contributed by atoms with Gasteiger partial charge in [0.15, 0.2) is 0 Å². The number of nitrogens with zero attached hydrogens (tertiary/aromatic N) is 1. The van der Waals surface area contributed by atoms with E-state index < -0.39 is 0 Å². The van der Waals surface area contributed by atoms with Crippen LogP contribution in [0.15, 0.2) is 30.3 Å². The summed E-state index contributed by atoms with van der Waals surface area (Å²) in [5, 5.41) is 0. The van der Waals surface area contributed by atoms with E-state index in [1.165, 1.54) is 18.4 Å². The molecule has 1 aromatic rings. The molecule has 0 amide bonds. The third-order valence-corrected chi connectivity index (χ3v) is 4.00. The van der Waals surface area contributed by atoms with Crippen molar-refractivity contribution in [1.82, 2.24) is 4.90 Å². The van der Waals surface area contributed by atoms with Crippen LogP contribution in [-0.2, 0) is 4.74 Å². The van der Waals surface area contributed by atoms with E-state index in [1.54, 1.807) is 0 Å². The van der Waals surface area contributed by atoms with Crippen molar-refractivity contribution >= 4 is 0 Å². The maximum Gasteiger partial charge on any atom is 0.0469 e. The highest BCUT2D eigenvalue weighted by Gasteiger charge is 2.18. The molecule has 0 saturated carbocycles. The van der Waals surface area contributed by atoms with Crippen molar-refractivity contribution in [2.45, 2.75) is 18.8 Å². The summed E-state index contributed by atoms with van der Waals surface area (Å²) >= 11 is 0. The monoisotopic (exact) mass is 262 g/mol. The van der Waals surface area contributed by atoms with Crippen LogP contribution in [0.4, 0.5) is 0 Å². The van der Waals surface area contributed by atoms with Gasteiger partial charge in [-0.3, -0.25) is 0 Å². The first kappa shape index (κ1) is 14.5. The molecule has 0 bridgehead atoms. The quantitative estimate of drug-likeness (QED) is 0.853. The molecule has 3 nitrogen and oxygen atoms in total. The molecule has 1 aromatic carbocycles. The molecule has 106 valence electrons. The van der Waals surface area contributed by atoms with Crippen LogP contribution in [0.5, 0.6) is 0 Å². The molecule has 1 aliphatic heterocycles. The summed E-state index contributed by atoms with van der Waals surface area (Å²) in [4.78, 5) is 2.43. The SMILES string of the molecule is CN(CC1CCOCC1)CC(CN)c1ccccc1. The van der Waals surface area contributed by atoms with Gasteiger partial charge in [-0.2, -0.15) is 0 Å². The Hall–Kier alpha value is -0.900. The fourth-order valence-electron chi connectivity index (χ4n) is 2.86. The van der Waals surface area contributed by atoms with Gasteiger partial charge in [-0.15, -0.1) is 0 Å². The second kappa shape index (κ2) is 7.63. The first-order valence-electron chi connectivity index (χ1n) is 7.31. The molecule has 1 saturated heterocycles. The lowest BCUT2D eigenvalue weighted by atomic mass is 9.96. The highest BCUT2D eigenvalue weighted by molar-refractivity contribution is 5.20. The molecule has 1 fully saturated rings. The minimum Gasteiger partial charge on any atom is -0.381 e. The lowest BCUT2D eigenvalue weighted by molar-refractivity contribution is 0.0551. The van der Waals surface area contributed by atoms with Crippen molar-refractivity contribution < 1.29 is 4.74 Å². The normalized spacial score (nSPS) is 18.7. The predicted molar refractivity (Wildman–Crippen MR) is 79.3 cm³/mol. The molecule has 0 aliphatic carbocycles. The van der Waals surface area contributed by atoms with Crippen LogP contribution in [0.2, 0.25) is 0 Å². The van der Waals surface area contributed by atoms with Crippen LogP contribution < -0.4 is 5.73 Å². The number of hydrogen-bond donors (Lipinski definition) is 1. The topological polar surface area (TPSA) is 38.5 Å². The lowest BCUT2D eigenvalue weighted by Crippen LogP contribution is -2.34. The fraction of sp³-hybridized carbons (Fsp3) is 0.625. The van der Waals surface area contributed by atoms with E-state index in [0.29, 0.717) is 12.5 Å². The largest absolute Gasteiger partial charge is 0.381 e. The summed E-state index contributed by atoms with van der Waals surface area (Å²) in [6.45, 7) is 4.77. The average Bonchev–Trinajstić information content (AvgIpc) is 2.47. The minimum atomic E-state index is 0.436. The maximum absolute atomic E-state index is 5.94. The Morgan fingerprint density at radius 1 is 1.26 bits per heavy atom. The van der Waals surface area contributed by atoms with Crippen molar-refractivity contribution in [2.75, 3.05) is 39.9 Å². The van der Waals surface area contributed by atoms with Crippen molar-refractivity contribution in [2.24, 2.45) is 11.7 Å². The number of likely N-dealkylation sites (N-methyl/N-ethyl adjacent to an activating group) is 1. The molecule has 2 N–H and O–H groups in total. The molecule has 0 spiro atoms. The standard InChI is InChI=1S/C16H26N2O/c1-18(12-14-7-9-19-10-8-14)13-16(11-17)15-5-3-2-4-6-15/h2-6,14,16H,7-13,17H2,1H3. The number of hydrogen-bond acceptors (Lipinski definition) is 3. The summed E-state index contributed by atoms with van der Waals surface area (Å²) in [5.74, 6) is 1.22. The first-order valence-corrected chi connectivity index (χ1v) is 7.31. The van der Waals surface area contributed by atoms with Crippen LogP contribution in [0.25, 0.3) is 0 Å². The van der Waals surface area contributed by atoms with Gasteiger partial charge < -0.3 is 15.4 Å². The second-order valence-corrected chi connectivity index (χ2v) is 5.62. The Bertz CT molecular complexity index is 349. The zero-order valence-corrected chi connectivity index (χ0v) is 11.9. The van der Waals surface area contributed by atoms with Crippen LogP contribution in [0.1, 0.15) is 24.3 Å². The van der Waals surface area contributed by atoms with Crippen LogP contribution in [0, 0.1) is 5.92 Å². The van der Waals surface area contributed by atoms with Crippen molar-refractivity contribution in [3.05, 3.63) is 35.9 Å². The molecule has 3 heteroatoms. The minimum absolute atomic E-state index is 0.436. The number of nitrogens with two attached hydrogens (primary N) is 1. The average molecular weight is 262 g/mol. The summed E-state index contributed by atoms with van der Waals surface area (Å²) < 4.78 is 5.41. The third kappa shape index (κ3) is 4.60. The van der Waals surface area contributed by atoms with Gasteiger partial charge in [0.2, 0.25) is 0 Å². The van der Waals surface area contributed by atoms with Crippen LogP contribution in [-0.4, -0.2) is 44.8 Å². The lowest BCUT2D eigenvalue weighted by Gasteiger charge is -2.29. The summed E-state index contributed by atoms with van der Waals surface area (Å²) in [5.41, 5.74) is 7.29. The molecule has 1 aliphatic rings. The molecule has 1 atom stereocenters. The Morgan fingerprint density at radius 3 is 2.58 bits per heavy atom. The molecule has 2 rings (SSSR count). The van der Waals surface area contributed by atoms with Gasteiger partial charge in [-0.05, 0) is 31.4 Å². The molecule has 1 heterocycles. The van der Waals surface area contributed by atoms with E-state index in [2.05, 4.69) is 42.3 Å². The van der Waals surface area contributed by atoms with Crippen molar-refractivity contribution in [3.8, 4) is 0 Å². The highest BCUT2D eigenvalue weighted by atomic mass is 16.5. The van der Waals surface area contributed by atoms with E-state index in [0.717, 1.165) is 32.2 Å². The zero-order valence-electron chi connectivity index (χ0n) is 11.9. The Morgan fingerprint density at radius 2 is 1.95 bits per heavy atom. The third-order valence-electron chi connectivity index (χ3n) is 4.00. The molecular formula is C16H26N2O. The van der Waals surface area contributed by atoms with Gasteiger partial charge in [0, 0.05) is 38.8 Å². The Labute approximate surface area is 116 Å². The molecule has 0 aromatic heterocycles. The molecule has 1 unspecified atom stereocenters. The van der Waals surface area contributed by atoms with Gasteiger partial charge >= 0.3 is 0 Å². The number of rotatable bonds is 6. The van der Waals surface area contributed by atoms with Gasteiger partial charge in [0.25, 0.3) is 0 Å². The van der Waals surface area contributed by atoms with Gasteiger partial charge in [0.1, 0.15) is 0 Å². The van der Waals surface area contributed by atoms with Crippen molar-refractivity contribution in [1.29, 1.82) is 0 Å². The molecule has 19 heavy (non-hydrogen) atoms. The Balaban J connectivity index is 1.84. The van der Waals surface area contributed by atoms with E-state index in [4.69, 9.17) is 10.5 Å². The fourth-order valence-corrected chi connectivity index (χ4v) is 2.86. The van der Waals surface area contributed by atoms with Gasteiger partial charge in [-0.1, -0.05) is 30.3 Å². The molecule has 0 radical (unpaired) electrons. The van der Waals surface area contributed by atoms with E-state index in [1.807, 2.05) is 0 Å². The molecular weight excluding hydrogens is 236 g/mol. The second-order valence-electron chi connectivity index (χ2n) is 5.62. The van der Waals surface area contributed by atoms with Crippen LogP contribution in [0.3, 0.4) is 0 Å². The first-order chi connectivity index (χ1) is 9.29. The van der Waals surface area contributed by atoms with Gasteiger partial charge in [0.05, 0.1) is 0 Å². The summed E-state index contributed by atoms with van der Waals surface area (Å²) in [7, 11) is 2.21. The van der Waals surface area contributed by atoms with Crippen molar-refractivity contribution in [3.63, 3.8) is 0 Å².